The summed E-state index contributed by atoms with van der Waals surface area (Å²) in [6, 6.07) is 24.6. The van der Waals surface area contributed by atoms with Gasteiger partial charge in [-0.1, -0.05) is 78.9 Å². The van der Waals surface area contributed by atoms with E-state index in [0.29, 0.717) is 0 Å². The highest BCUT2D eigenvalue weighted by Crippen LogP contribution is 2.23. The Labute approximate surface area is 215 Å². The predicted octanol–water partition coefficient (Wildman–Crippen LogP) is 1.80. The van der Waals surface area contributed by atoms with E-state index in [-0.39, 0.29) is 25.7 Å². The van der Waals surface area contributed by atoms with Gasteiger partial charge < -0.3 is 30.1 Å². The minimum absolute atomic E-state index is 0.00477. The third kappa shape index (κ3) is 6.85. The summed E-state index contributed by atoms with van der Waals surface area (Å²) >= 11 is 0. The van der Waals surface area contributed by atoms with Crippen LogP contribution in [-0.4, -0.2) is 28.9 Å². The van der Waals surface area contributed by atoms with Crippen LogP contribution >= 0.6 is 0 Å². The van der Waals surface area contributed by atoms with Crippen molar-refractivity contribution in [1.82, 2.24) is 10.3 Å². The van der Waals surface area contributed by atoms with E-state index in [2.05, 4.69) is 10.3 Å². The number of carbonyl (C=O) groups is 3. The fourth-order valence-electron chi connectivity index (χ4n) is 4.69. The molecule has 7 heteroatoms. The van der Waals surface area contributed by atoms with Crippen molar-refractivity contribution in [3.8, 4) is 0 Å². The fourth-order valence-corrected chi connectivity index (χ4v) is 4.69. The van der Waals surface area contributed by atoms with Gasteiger partial charge in [0.15, 0.2) is 0 Å². The molecule has 190 valence electrons. The van der Waals surface area contributed by atoms with Crippen LogP contribution in [0.15, 0.2) is 91.1 Å². The molecule has 0 aliphatic rings. The first kappa shape index (κ1) is 25.7. The Morgan fingerprint density at radius 3 is 1.86 bits per heavy atom. The van der Waals surface area contributed by atoms with E-state index in [4.69, 9.17) is 0 Å². The van der Waals surface area contributed by atoms with Crippen LogP contribution < -0.4 is 15.5 Å². The number of para-hydroxylation sites is 1. The molecular formula is C30H28N2O5-2. The summed E-state index contributed by atoms with van der Waals surface area (Å²) in [6.07, 6.45) is 2.23. The number of hydrogen-bond acceptors (Lipinski definition) is 5. The lowest BCUT2D eigenvalue weighted by molar-refractivity contribution is -0.312. The number of amides is 1. The number of carboxylic acids is 2. The van der Waals surface area contributed by atoms with Gasteiger partial charge in [0, 0.05) is 41.3 Å². The molecule has 0 saturated heterocycles. The number of aromatic nitrogens is 1. The Hall–Kier alpha value is -4.39. The maximum atomic E-state index is 13.4. The molecular weight excluding hydrogens is 468 g/mol. The Balaban J connectivity index is 1.54. The zero-order valence-electron chi connectivity index (χ0n) is 20.3. The van der Waals surface area contributed by atoms with Gasteiger partial charge in [-0.15, -0.1) is 0 Å². The molecule has 4 aromatic rings. The van der Waals surface area contributed by atoms with Crippen LogP contribution in [0.3, 0.4) is 0 Å². The molecule has 0 bridgehead atoms. The van der Waals surface area contributed by atoms with E-state index in [1.54, 1.807) is 6.20 Å². The molecule has 7 nitrogen and oxygen atoms in total. The number of carboxylic acid groups (broad SMARTS) is 2. The van der Waals surface area contributed by atoms with Crippen LogP contribution in [0.1, 0.15) is 23.1 Å². The number of hydrogen-bond donors (Lipinski definition) is 2. The molecule has 1 unspecified atom stereocenters. The number of aromatic amines is 1. The molecule has 1 aromatic heterocycles. The molecule has 0 saturated carbocycles. The van der Waals surface area contributed by atoms with Crippen molar-refractivity contribution >= 4 is 28.7 Å². The number of aliphatic carboxylic acids is 2. The molecule has 1 amide bonds. The molecule has 37 heavy (non-hydrogen) atoms. The SMILES string of the molecule is O=C([O-])C(Cc1c[nH]c2ccccc12)NC(=O)[C@H](Cc1ccccc1)C[C@@H](Cc1ccccc1)C(=O)[O-]. The van der Waals surface area contributed by atoms with Gasteiger partial charge in [0.05, 0.1) is 12.0 Å². The normalized spacial score (nSPS) is 13.5. The molecule has 3 atom stereocenters. The largest absolute Gasteiger partial charge is 0.550 e. The minimum atomic E-state index is -1.40. The van der Waals surface area contributed by atoms with E-state index in [1.165, 1.54) is 0 Å². The second kappa shape index (κ2) is 12.0. The van der Waals surface area contributed by atoms with Crippen molar-refractivity contribution in [3.05, 3.63) is 108 Å². The van der Waals surface area contributed by atoms with Gasteiger partial charge >= 0.3 is 0 Å². The first-order valence-electron chi connectivity index (χ1n) is 12.3. The van der Waals surface area contributed by atoms with Gasteiger partial charge in [0.2, 0.25) is 5.91 Å². The predicted molar refractivity (Wildman–Crippen MR) is 136 cm³/mol. The first-order valence-corrected chi connectivity index (χ1v) is 12.3. The third-order valence-corrected chi connectivity index (χ3v) is 6.62. The van der Waals surface area contributed by atoms with Crippen LogP contribution in [-0.2, 0) is 33.6 Å². The molecule has 0 radical (unpaired) electrons. The lowest BCUT2D eigenvalue weighted by atomic mass is 9.85. The smallest absolute Gasteiger partial charge is 0.223 e. The summed E-state index contributed by atoms with van der Waals surface area (Å²) in [6.45, 7) is 0. The maximum absolute atomic E-state index is 13.4. The van der Waals surface area contributed by atoms with E-state index < -0.39 is 35.7 Å². The van der Waals surface area contributed by atoms with Gasteiger partial charge in [-0.3, -0.25) is 4.79 Å². The van der Waals surface area contributed by atoms with Gasteiger partial charge in [-0.05, 0) is 42.0 Å². The average Bonchev–Trinajstić information content (AvgIpc) is 3.31. The molecule has 0 spiro atoms. The number of nitrogens with one attached hydrogen (secondary N) is 2. The average molecular weight is 497 g/mol. The summed E-state index contributed by atoms with van der Waals surface area (Å²) < 4.78 is 0. The first-order chi connectivity index (χ1) is 17.9. The summed E-state index contributed by atoms with van der Waals surface area (Å²) in [4.78, 5) is 40.6. The molecule has 0 fully saturated rings. The quantitative estimate of drug-likeness (QED) is 0.309. The molecule has 3 aromatic carbocycles. The van der Waals surface area contributed by atoms with Crippen LogP contribution in [0.25, 0.3) is 10.9 Å². The standard InChI is InChI=1S/C30H30N2O5/c33-28(32-27(30(36)37)18-24-19-31-26-14-8-7-13-25(24)26)22(15-20-9-3-1-4-10-20)17-23(29(34)35)16-21-11-5-2-6-12-21/h1-14,19,22-23,27,31H,15-18H2,(H,32,33)(H,34,35)(H,36,37)/p-2/t22-,23-,27?/m1/s1. The number of carbonyl (C=O) groups excluding carboxylic acids is 3. The number of H-pyrrole nitrogens is 1. The van der Waals surface area contributed by atoms with Crippen LogP contribution in [0.5, 0.6) is 0 Å². The monoisotopic (exact) mass is 496 g/mol. The van der Waals surface area contributed by atoms with Crippen molar-refractivity contribution in [2.45, 2.75) is 31.7 Å². The van der Waals surface area contributed by atoms with E-state index >= 15 is 0 Å². The fraction of sp³-hybridized carbons (Fsp3) is 0.233. The second-order valence-corrected chi connectivity index (χ2v) is 9.27. The van der Waals surface area contributed by atoms with Gasteiger partial charge in [0.1, 0.15) is 0 Å². The molecule has 0 aliphatic carbocycles. The Morgan fingerprint density at radius 1 is 0.703 bits per heavy atom. The highest BCUT2D eigenvalue weighted by Gasteiger charge is 2.27. The van der Waals surface area contributed by atoms with E-state index in [1.807, 2.05) is 84.9 Å². The van der Waals surface area contributed by atoms with Crippen molar-refractivity contribution in [3.63, 3.8) is 0 Å². The Morgan fingerprint density at radius 2 is 1.27 bits per heavy atom. The minimum Gasteiger partial charge on any atom is -0.550 e. The number of benzene rings is 3. The van der Waals surface area contributed by atoms with Gasteiger partial charge in [0.25, 0.3) is 0 Å². The summed E-state index contributed by atoms with van der Waals surface area (Å²) in [5.41, 5.74) is 3.27. The Bertz CT molecular complexity index is 1350. The van der Waals surface area contributed by atoms with Crippen molar-refractivity contribution in [1.29, 1.82) is 0 Å². The highest BCUT2D eigenvalue weighted by molar-refractivity contribution is 5.87. The molecule has 4 rings (SSSR count). The third-order valence-electron chi connectivity index (χ3n) is 6.62. The summed E-state index contributed by atoms with van der Waals surface area (Å²) in [5.74, 6) is -4.88. The zero-order valence-corrected chi connectivity index (χ0v) is 20.3. The lowest BCUT2D eigenvalue weighted by Gasteiger charge is -2.27. The van der Waals surface area contributed by atoms with Crippen LogP contribution in [0.2, 0.25) is 0 Å². The topological polar surface area (TPSA) is 125 Å². The summed E-state index contributed by atoms with van der Waals surface area (Å²) in [7, 11) is 0. The number of fused-ring (bicyclic) bond motifs is 1. The maximum Gasteiger partial charge on any atom is 0.223 e. The van der Waals surface area contributed by atoms with E-state index in [9.17, 15) is 24.6 Å². The summed E-state index contributed by atoms with van der Waals surface area (Å²) in [5, 5.41) is 27.5. The number of rotatable bonds is 12. The molecule has 0 aliphatic heterocycles. The van der Waals surface area contributed by atoms with Crippen molar-refractivity contribution in [2.75, 3.05) is 0 Å². The molecule has 1 heterocycles. The van der Waals surface area contributed by atoms with E-state index in [0.717, 1.165) is 27.6 Å². The lowest BCUT2D eigenvalue weighted by Crippen LogP contribution is -2.51. The molecule has 2 N–H and O–H groups in total. The van der Waals surface area contributed by atoms with Crippen molar-refractivity contribution in [2.24, 2.45) is 11.8 Å². The van der Waals surface area contributed by atoms with Crippen LogP contribution in [0.4, 0.5) is 0 Å². The Kier molecular flexibility index (Phi) is 8.36. The van der Waals surface area contributed by atoms with Crippen molar-refractivity contribution < 1.29 is 24.6 Å². The van der Waals surface area contributed by atoms with Gasteiger partial charge in [-0.2, -0.15) is 0 Å². The van der Waals surface area contributed by atoms with Crippen LogP contribution in [0, 0.1) is 11.8 Å². The van der Waals surface area contributed by atoms with Gasteiger partial charge in [-0.25, -0.2) is 0 Å². The highest BCUT2D eigenvalue weighted by atomic mass is 16.4. The second-order valence-electron chi connectivity index (χ2n) is 9.27. The zero-order chi connectivity index (χ0) is 26.2.